The molecule has 140 valence electrons. The summed E-state index contributed by atoms with van der Waals surface area (Å²) >= 11 is 1.39. The number of hydrogen-bond acceptors (Lipinski definition) is 5. The van der Waals surface area contributed by atoms with Crippen molar-refractivity contribution < 1.29 is 18.8 Å². The van der Waals surface area contributed by atoms with Crippen LogP contribution in [-0.2, 0) is 9.31 Å². The van der Waals surface area contributed by atoms with Crippen molar-refractivity contribution in [2.45, 2.75) is 78.4 Å². The second kappa shape index (κ2) is 8.23. The van der Waals surface area contributed by atoms with Crippen LogP contribution in [0.15, 0.2) is 6.07 Å². The molecule has 2 rings (SSSR count). The summed E-state index contributed by atoms with van der Waals surface area (Å²) in [5.74, 6) is 1.26. The van der Waals surface area contributed by atoms with Crippen LogP contribution in [0.3, 0.4) is 0 Å². The van der Waals surface area contributed by atoms with E-state index in [4.69, 9.17) is 14.0 Å². The Bertz CT molecular complexity index is 566. The van der Waals surface area contributed by atoms with Crippen LogP contribution in [0.4, 0.5) is 0 Å². The lowest BCUT2D eigenvalue weighted by molar-refractivity contribution is 0.00578. The SMILES string of the molecule is CCCCC(CC)COc1cc(C=O)sc1B1OC(C)(C)C(C)(C)O1. The van der Waals surface area contributed by atoms with Crippen molar-refractivity contribution in [3.63, 3.8) is 0 Å². The van der Waals surface area contributed by atoms with E-state index in [1.165, 1.54) is 30.6 Å². The Morgan fingerprint density at radius 3 is 2.40 bits per heavy atom. The molecule has 1 aliphatic rings. The second-order valence-electron chi connectivity index (χ2n) is 7.81. The fourth-order valence-corrected chi connectivity index (χ4v) is 3.68. The van der Waals surface area contributed by atoms with Crippen molar-refractivity contribution in [2.24, 2.45) is 5.92 Å². The van der Waals surface area contributed by atoms with E-state index >= 15 is 0 Å². The quantitative estimate of drug-likeness (QED) is 0.478. The van der Waals surface area contributed by atoms with Crippen LogP contribution in [0.25, 0.3) is 0 Å². The summed E-state index contributed by atoms with van der Waals surface area (Å²) in [6.07, 6.45) is 5.54. The molecule has 0 bridgehead atoms. The third kappa shape index (κ3) is 4.66. The number of rotatable bonds is 9. The Kier molecular flexibility index (Phi) is 6.74. The number of carbonyl (C=O) groups is 1. The Hall–Kier alpha value is -0.845. The van der Waals surface area contributed by atoms with E-state index in [1.54, 1.807) is 0 Å². The largest absolute Gasteiger partial charge is 0.509 e. The van der Waals surface area contributed by atoms with Crippen LogP contribution < -0.4 is 9.51 Å². The molecular weight excluding hydrogens is 335 g/mol. The van der Waals surface area contributed by atoms with Crippen molar-refractivity contribution in [2.75, 3.05) is 6.61 Å². The number of ether oxygens (including phenoxy) is 1. The number of thiophene rings is 1. The first-order valence-electron chi connectivity index (χ1n) is 9.31. The van der Waals surface area contributed by atoms with E-state index in [1.807, 2.05) is 33.8 Å². The predicted molar refractivity (Wildman–Crippen MR) is 104 cm³/mol. The summed E-state index contributed by atoms with van der Waals surface area (Å²) in [6, 6.07) is 1.81. The maximum atomic E-state index is 11.3. The zero-order valence-corrected chi connectivity index (χ0v) is 17.2. The predicted octanol–water partition coefficient (Wildman–Crippen LogP) is 4.46. The average Bonchev–Trinajstić information content (AvgIpc) is 3.05. The molecule has 0 amide bonds. The Labute approximate surface area is 156 Å². The van der Waals surface area contributed by atoms with Gasteiger partial charge in [0.25, 0.3) is 0 Å². The normalized spacial score (nSPS) is 19.8. The van der Waals surface area contributed by atoms with E-state index in [0.717, 1.165) is 23.2 Å². The van der Waals surface area contributed by atoms with E-state index in [2.05, 4.69) is 13.8 Å². The second-order valence-corrected chi connectivity index (χ2v) is 8.93. The molecule has 25 heavy (non-hydrogen) atoms. The first-order valence-corrected chi connectivity index (χ1v) is 10.1. The standard InChI is InChI=1S/C19H31BO4S/c1-7-9-10-14(8-2)13-22-16-11-15(12-21)25-17(16)20-23-18(3,4)19(5,6)24-20/h11-12,14H,7-10,13H2,1-6H3. The molecule has 0 aromatic carbocycles. The molecule has 0 N–H and O–H groups in total. The summed E-state index contributed by atoms with van der Waals surface area (Å²) in [6.45, 7) is 13.2. The monoisotopic (exact) mass is 366 g/mol. The lowest BCUT2D eigenvalue weighted by Gasteiger charge is -2.32. The molecule has 1 aromatic rings. The highest BCUT2D eigenvalue weighted by molar-refractivity contribution is 7.24. The Morgan fingerprint density at radius 2 is 1.88 bits per heavy atom. The third-order valence-corrected chi connectivity index (χ3v) is 6.41. The minimum Gasteiger partial charge on any atom is -0.493 e. The molecule has 1 unspecified atom stereocenters. The van der Waals surface area contributed by atoms with E-state index in [-0.39, 0.29) is 0 Å². The first kappa shape index (κ1) is 20.5. The van der Waals surface area contributed by atoms with Crippen molar-refractivity contribution in [3.8, 4) is 5.75 Å². The molecule has 0 spiro atoms. The highest BCUT2D eigenvalue weighted by atomic mass is 32.1. The Balaban J connectivity index is 2.14. The molecule has 0 saturated carbocycles. The number of hydrogen-bond donors (Lipinski definition) is 0. The van der Waals surface area contributed by atoms with Gasteiger partial charge in [0.05, 0.1) is 27.5 Å². The summed E-state index contributed by atoms with van der Waals surface area (Å²) < 4.78 is 19.2. The molecular formula is C19H31BO4S. The molecule has 1 fully saturated rings. The van der Waals surface area contributed by atoms with Crippen LogP contribution in [0.2, 0.25) is 0 Å². The van der Waals surface area contributed by atoms with Crippen molar-refractivity contribution in [1.29, 1.82) is 0 Å². The summed E-state index contributed by atoms with van der Waals surface area (Å²) in [5, 5.41) is 0. The van der Waals surface area contributed by atoms with Gasteiger partial charge in [-0.2, -0.15) is 0 Å². The lowest BCUT2D eigenvalue weighted by atomic mass is 9.87. The zero-order chi connectivity index (χ0) is 18.7. The Morgan fingerprint density at radius 1 is 1.24 bits per heavy atom. The smallest absolute Gasteiger partial charge is 0.493 e. The van der Waals surface area contributed by atoms with Crippen molar-refractivity contribution in [1.82, 2.24) is 0 Å². The maximum Gasteiger partial charge on any atom is 0.509 e. The topological polar surface area (TPSA) is 44.8 Å². The molecule has 1 saturated heterocycles. The van der Waals surface area contributed by atoms with Crippen LogP contribution in [0, 0.1) is 5.92 Å². The van der Waals surface area contributed by atoms with Gasteiger partial charge in [-0.1, -0.05) is 33.1 Å². The van der Waals surface area contributed by atoms with Crippen molar-refractivity contribution in [3.05, 3.63) is 10.9 Å². The summed E-state index contributed by atoms with van der Waals surface area (Å²) in [7, 11) is -0.491. The number of aldehydes is 1. The van der Waals surface area contributed by atoms with Gasteiger partial charge in [-0.25, -0.2) is 0 Å². The summed E-state index contributed by atoms with van der Waals surface area (Å²) in [5.41, 5.74) is -0.819. The van der Waals surface area contributed by atoms with Crippen LogP contribution in [0.1, 0.15) is 76.9 Å². The molecule has 1 aromatic heterocycles. The van der Waals surface area contributed by atoms with Gasteiger partial charge in [-0.15, -0.1) is 11.3 Å². The minimum absolute atomic E-state index is 0.409. The molecule has 1 aliphatic heterocycles. The van der Waals surface area contributed by atoms with Gasteiger partial charge < -0.3 is 14.0 Å². The zero-order valence-electron chi connectivity index (χ0n) is 16.4. The van der Waals surface area contributed by atoms with Gasteiger partial charge in [-0.3, -0.25) is 4.79 Å². The molecule has 2 heterocycles. The van der Waals surface area contributed by atoms with Gasteiger partial charge in [0.2, 0.25) is 0 Å². The number of unbranched alkanes of at least 4 members (excludes halogenated alkanes) is 1. The van der Waals surface area contributed by atoms with Gasteiger partial charge in [-0.05, 0) is 40.0 Å². The van der Waals surface area contributed by atoms with Gasteiger partial charge in [0.15, 0.2) is 6.29 Å². The molecule has 0 aliphatic carbocycles. The van der Waals surface area contributed by atoms with E-state index < -0.39 is 18.3 Å². The molecule has 0 radical (unpaired) electrons. The van der Waals surface area contributed by atoms with Crippen LogP contribution in [-0.4, -0.2) is 31.2 Å². The van der Waals surface area contributed by atoms with Crippen LogP contribution >= 0.6 is 11.3 Å². The highest BCUT2D eigenvalue weighted by Gasteiger charge is 2.53. The minimum atomic E-state index is -0.491. The first-order chi connectivity index (χ1) is 11.7. The number of carbonyl (C=O) groups excluding carboxylic acids is 1. The van der Waals surface area contributed by atoms with Gasteiger partial charge >= 0.3 is 7.12 Å². The van der Waals surface area contributed by atoms with Gasteiger partial charge in [0.1, 0.15) is 5.75 Å². The van der Waals surface area contributed by atoms with Gasteiger partial charge in [0, 0.05) is 6.07 Å². The third-order valence-electron chi connectivity index (χ3n) is 5.35. The maximum absolute atomic E-state index is 11.3. The molecule has 1 atom stereocenters. The molecule has 6 heteroatoms. The fraction of sp³-hybridized carbons (Fsp3) is 0.737. The molecule has 4 nitrogen and oxygen atoms in total. The fourth-order valence-electron chi connectivity index (χ4n) is 2.80. The van der Waals surface area contributed by atoms with Crippen molar-refractivity contribution >= 4 is 29.5 Å². The highest BCUT2D eigenvalue weighted by Crippen LogP contribution is 2.38. The van der Waals surface area contributed by atoms with E-state index in [9.17, 15) is 4.79 Å². The van der Waals surface area contributed by atoms with Crippen LogP contribution in [0.5, 0.6) is 5.75 Å². The lowest BCUT2D eigenvalue weighted by Crippen LogP contribution is -2.41. The average molecular weight is 366 g/mol. The summed E-state index contributed by atoms with van der Waals surface area (Å²) in [4.78, 5) is 11.9. The van der Waals surface area contributed by atoms with E-state index in [0.29, 0.717) is 17.4 Å².